The maximum atomic E-state index is 14.7. The fourth-order valence-corrected chi connectivity index (χ4v) is 3.87. The molecule has 35 heavy (non-hydrogen) atoms. The molecule has 2 aliphatic rings. The van der Waals surface area contributed by atoms with E-state index in [4.69, 9.17) is 14.6 Å². The molecule has 0 atom stereocenters. The summed E-state index contributed by atoms with van der Waals surface area (Å²) in [6.07, 6.45) is 5.89. The van der Waals surface area contributed by atoms with Crippen LogP contribution in [0, 0.1) is 17.6 Å². The van der Waals surface area contributed by atoms with E-state index in [0.29, 0.717) is 37.9 Å². The van der Waals surface area contributed by atoms with Crippen molar-refractivity contribution in [2.75, 3.05) is 26.3 Å². The number of ether oxygens (including phenoxy) is 2. The first-order chi connectivity index (χ1) is 16.8. The molecule has 0 unspecified atom stereocenters. The highest BCUT2D eigenvalue weighted by Crippen LogP contribution is 2.39. The van der Waals surface area contributed by atoms with E-state index in [0.717, 1.165) is 25.0 Å². The first-order valence-corrected chi connectivity index (χ1v) is 11.8. The predicted octanol–water partition coefficient (Wildman–Crippen LogP) is 4.16. The monoisotopic (exact) mass is 489 g/mol. The number of amides is 1. The van der Waals surface area contributed by atoms with Gasteiger partial charge < -0.3 is 19.5 Å². The van der Waals surface area contributed by atoms with E-state index in [9.17, 15) is 18.4 Å². The minimum absolute atomic E-state index is 0.0100. The van der Waals surface area contributed by atoms with E-state index in [2.05, 4.69) is 9.97 Å². The molecule has 188 valence electrons. The Hall–Kier alpha value is -3.14. The van der Waals surface area contributed by atoms with Crippen molar-refractivity contribution in [2.45, 2.75) is 51.0 Å². The summed E-state index contributed by atoms with van der Waals surface area (Å²) in [6, 6.07) is 2.28. The first-order valence-electron chi connectivity index (χ1n) is 11.8. The van der Waals surface area contributed by atoms with Gasteiger partial charge in [0.2, 0.25) is 0 Å². The Morgan fingerprint density at radius 2 is 1.74 bits per heavy atom. The number of Topliss-reactive ketones (excluding diaryl/α,β-unsaturated/α-hetero) is 1. The molecule has 0 bridgehead atoms. The van der Waals surface area contributed by atoms with Crippen LogP contribution in [0.15, 0.2) is 24.5 Å². The second-order valence-corrected chi connectivity index (χ2v) is 9.37. The average molecular weight is 490 g/mol. The van der Waals surface area contributed by atoms with Crippen LogP contribution in [0.25, 0.3) is 11.1 Å². The number of rotatable bonds is 9. The van der Waals surface area contributed by atoms with Crippen LogP contribution in [0.1, 0.15) is 56.1 Å². The summed E-state index contributed by atoms with van der Waals surface area (Å²) in [5.74, 6) is -2.40. The summed E-state index contributed by atoms with van der Waals surface area (Å²) in [6.45, 7) is 2.99. The molecule has 10 heteroatoms. The van der Waals surface area contributed by atoms with Crippen LogP contribution in [0.3, 0.4) is 0 Å². The molecule has 2 aromatic rings. The van der Waals surface area contributed by atoms with Gasteiger partial charge in [0.1, 0.15) is 5.60 Å². The minimum atomic E-state index is -0.846. The number of halogens is 2. The van der Waals surface area contributed by atoms with Gasteiger partial charge in [0.25, 0.3) is 0 Å². The third-order valence-corrected chi connectivity index (χ3v) is 6.42. The zero-order valence-electron chi connectivity index (χ0n) is 19.6. The molecule has 2 heterocycles. The molecule has 1 aromatic carbocycles. The zero-order valence-corrected chi connectivity index (χ0v) is 19.6. The molecular formula is C25H29F2N3O5. The van der Waals surface area contributed by atoms with Crippen molar-refractivity contribution in [1.82, 2.24) is 14.9 Å². The van der Waals surface area contributed by atoms with Gasteiger partial charge in [0.15, 0.2) is 29.0 Å². The number of benzene rings is 1. The van der Waals surface area contributed by atoms with Crippen molar-refractivity contribution < 1.29 is 33.0 Å². The number of piperidine rings is 1. The Kier molecular flexibility index (Phi) is 7.59. The van der Waals surface area contributed by atoms with Crippen LogP contribution in [-0.2, 0) is 4.74 Å². The lowest BCUT2D eigenvalue weighted by atomic mass is 9.98. The Labute approximate surface area is 202 Å². The lowest BCUT2D eigenvalue weighted by molar-refractivity contribution is 0.0453. The van der Waals surface area contributed by atoms with E-state index in [1.54, 1.807) is 4.90 Å². The lowest BCUT2D eigenvalue weighted by Gasteiger charge is -2.32. The van der Waals surface area contributed by atoms with Gasteiger partial charge in [-0.25, -0.2) is 23.5 Å². The Bertz CT molecular complexity index is 1040. The third kappa shape index (κ3) is 6.30. The molecule has 1 aliphatic carbocycles. The summed E-state index contributed by atoms with van der Waals surface area (Å²) in [5.41, 5.74) is 0.259. The molecule has 1 aromatic heterocycles. The molecule has 0 spiro atoms. The van der Waals surface area contributed by atoms with Gasteiger partial charge >= 0.3 is 6.09 Å². The van der Waals surface area contributed by atoms with Crippen LogP contribution in [-0.4, -0.2) is 63.8 Å². The average Bonchev–Trinajstić information content (AvgIpc) is 3.58. The van der Waals surface area contributed by atoms with Crippen LogP contribution < -0.4 is 4.74 Å². The number of carbonyl (C=O) groups is 2. The summed E-state index contributed by atoms with van der Waals surface area (Å²) < 4.78 is 40.3. The normalized spacial score (nSPS) is 17.2. The Balaban J connectivity index is 1.31. The quantitative estimate of drug-likeness (QED) is 0.528. The van der Waals surface area contributed by atoms with Crippen molar-refractivity contribution in [3.8, 4) is 16.9 Å². The molecule has 1 saturated carbocycles. The fraction of sp³-hybridized carbons (Fsp3) is 0.520. The van der Waals surface area contributed by atoms with E-state index in [1.165, 1.54) is 12.4 Å². The number of hydrogen-bond acceptors (Lipinski definition) is 7. The van der Waals surface area contributed by atoms with Gasteiger partial charge in [0, 0.05) is 44.1 Å². The van der Waals surface area contributed by atoms with Gasteiger partial charge in [-0.15, -0.1) is 0 Å². The largest absolute Gasteiger partial charge is 0.487 e. The Morgan fingerprint density at radius 3 is 2.31 bits per heavy atom. The SMILES string of the molecule is CC1(OC(=O)N2CCC(COc3c(F)cc(-c4cnc(C(=O)CCCO)nc4)cc3F)CC2)CC1. The predicted molar refractivity (Wildman–Crippen MR) is 122 cm³/mol. The van der Waals surface area contributed by atoms with Gasteiger partial charge in [-0.3, -0.25) is 4.79 Å². The van der Waals surface area contributed by atoms with E-state index < -0.39 is 17.4 Å². The van der Waals surface area contributed by atoms with Gasteiger partial charge in [-0.1, -0.05) is 0 Å². The molecule has 0 radical (unpaired) electrons. The van der Waals surface area contributed by atoms with Crippen LogP contribution in [0.2, 0.25) is 0 Å². The number of aromatic nitrogens is 2. The second-order valence-electron chi connectivity index (χ2n) is 9.37. The van der Waals surface area contributed by atoms with Crippen LogP contribution in [0.5, 0.6) is 5.75 Å². The number of carbonyl (C=O) groups excluding carboxylic acids is 2. The van der Waals surface area contributed by atoms with Crippen molar-refractivity contribution in [1.29, 1.82) is 0 Å². The summed E-state index contributed by atoms with van der Waals surface area (Å²) in [4.78, 5) is 33.7. The fourth-order valence-electron chi connectivity index (χ4n) is 3.87. The second kappa shape index (κ2) is 10.6. The van der Waals surface area contributed by atoms with Gasteiger partial charge in [-0.2, -0.15) is 0 Å². The number of aliphatic hydroxyl groups is 1. The minimum Gasteiger partial charge on any atom is -0.487 e. The third-order valence-electron chi connectivity index (χ3n) is 6.42. The number of aliphatic hydroxyl groups excluding tert-OH is 1. The molecule has 2 fully saturated rings. The topological polar surface area (TPSA) is 102 Å². The van der Waals surface area contributed by atoms with Crippen LogP contribution >= 0.6 is 0 Å². The smallest absolute Gasteiger partial charge is 0.410 e. The van der Waals surface area contributed by atoms with Gasteiger partial charge in [0.05, 0.1) is 6.61 Å². The van der Waals surface area contributed by atoms with Crippen molar-refractivity contribution in [3.05, 3.63) is 42.0 Å². The standard InChI is InChI=1S/C25H29F2N3O5/c1-25(6-7-25)35-24(33)30-8-4-16(5-9-30)15-34-22-19(26)11-17(12-20(22)27)18-13-28-23(29-14-18)21(32)3-2-10-31/h11-14,16,31H,2-10,15H2,1H3. The molecule has 4 rings (SSSR count). The first kappa shape index (κ1) is 25.0. The number of nitrogens with zero attached hydrogens (tertiary/aromatic N) is 3. The number of ketones is 1. The molecule has 1 saturated heterocycles. The van der Waals surface area contributed by atoms with E-state index >= 15 is 0 Å². The molecule has 1 aliphatic heterocycles. The number of hydrogen-bond donors (Lipinski definition) is 1. The molecule has 8 nitrogen and oxygen atoms in total. The van der Waals surface area contributed by atoms with Crippen molar-refractivity contribution in [2.24, 2.45) is 5.92 Å². The highest BCUT2D eigenvalue weighted by Gasteiger charge is 2.43. The van der Waals surface area contributed by atoms with Gasteiger partial charge in [-0.05, 0) is 62.6 Å². The maximum Gasteiger partial charge on any atom is 0.410 e. The summed E-state index contributed by atoms with van der Waals surface area (Å²) in [7, 11) is 0. The summed E-state index contributed by atoms with van der Waals surface area (Å²) in [5, 5.41) is 8.81. The molecular weight excluding hydrogens is 460 g/mol. The lowest BCUT2D eigenvalue weighted by Crippen LogP contribution is -2.41. The van der Waals surface area contributed by atoms with Crippen molar-refractivity contribution in [3.63, 3.8) is 0 Å². The van der Waals surface area contributed by atoms with Crippen LogP contribution in [0.4, 0.5) is 13.6 Å². The molecule has 1 N–H and O–H groups in total. The molecule has 1 amide bonds. The Morgan fingerprint density at radius 1 is 1.11 bits per heavy atom. The highest BCUT2D eigenvalue weighted by molar-refractivity contribution is 5.92. The van der Waals surface area contributed by atoms with E-state index in [1.807, 2.05) is 6.92 Å². The zero-order chi connectivity index (χ0) is 25.0. The maximum absolute atomic E-state index is 14.7. The summed E-state index contributed by atoms with van der Waals surface area (Å²) >= 11 is 0. The number of likely N-dealkylation sites (tertiary alicyclic amines) is 1. The highest BCUT2D eigenvalue weighted by atomic mass is 19.1. The van der Waals surface area contributed by atoms with E-state index in [-0.39, 0.29) is 54.4 Å². The van der Waals surface area contributed by atoms with Crippen molar-refractivity contribution >= 4 is 11.9 Å².